The van der Waals surface area contributed by atoms with E-state index in [0.29, 0.717) is 11.2 Å². The van der Waals surface area contributed by atoms with Gasteiger partial charge < -0.3 is 10.3 Å². The van der Waals surface area contributed by atoms with Crippen LogP contribution in [0, 0.1) is 0 Å². The third-order valence-electron chi connectivity index (χ3n) is 3.62. The van der Waals surface area contributed by atoms with Gasteiger partial charge in [-0.05, 0) is 20.3 Å². The summed E-state index contributed by atoms with van der Waals surface area (Å²) in [6.07, 6.45) is 1.70. The van der Waals surface area contributed by atoms with Crippen molar-refractivity contribution in [3.8, 4) is 0 Å². The fourth-order valence-electron chi connectivity index (χ4n) is 2.61. The number of nitrogens with zero attached hydrogens (tertiary/aromatic N) is 4. The van der Waals surface area contributed by atoms with Crippen molar-refractivity contribution in [2.24, 2.45) is 12.8 Å². The molecule has 0 amide bonds. The molecule has 0 aromatic carbocycles. The van der Waals surface area contributed by atoms with Gasteiger partial charge in [-0.25, -0.2) is 9.78 Å². The minimum Gasteiger partial charge on any atom is -0.329 e. The maximum absolute atomic E-state index is 12.6. The molecule has 0 atom stereocenters. The van der Waals surface area contributed by atoms with Crippen molar-refractivity contribution in [1.82, 2.24) is 18.7 Å². The van der Waals surface area contributed by atoms with E-state index in [1.165, 1.54) is 4.57 Å². The van der Waals surface area contributed by atoms with Crippen molar-refractivity contribution in [1.29, 1.82) is 0 Å². The highest BCUT2D eigenvalue weighted by Gasteiger charge is 2.20. The predicted molar refractivity (Wildman–Crippen MR) is 82.7 cm³/mol. The molecule has 0 aliphatic heterocycles. The first kappa shape index (κ1) is 15.5. The van der Waals surface area contributed by atoms with Gasteiger partial charge >= 0.3 is 5.69 Å². The molecule has 21 heavy (non-hydrogen) atoms. The van der Waals surface area contributed by atoms with Crippen LogP contribution in [-0.4, -0.2) is 25.2 Å². The Morgan fingerprint density at radius 2 is 1.95 bits per heavy atom. The van der Waals surface area contributed by atoms with Gasteiger partial charge in [0.25, 0.3) is 5.56 Å². The molecule has 0 fully saturated rings. The summed E-state index contributed by atoms with van der Waals surface area (Å²) in [6.45, 7) is 6.34. The summed E-state index contributed by atoms with van der Waals surface area (Å²) in [5.41, 5.74) is 5.82. The van der Waals surface area contributed by atoms with Crippen LogP contribution < -0.4 is 17.0 Å². The van der Waals surface area contributed by atoms with E-state index in [4.69, 9.17) is 5.73 Å². The molecule has 116 valence electrons. The Hall–Kier alpha value is -1.89. The van der Waals surface area contributed by atoms with Crippen molar-refractivity contribution < 1.29 is 0 Å². The quantitative estimate of drug-likeness (QED) is 0.863. The van der Waals surface area contributed by atoms with Gasteiger partial charge in [0.2, 0.25) is 0 Å². The topological polar surface area (TPSA) is 87.8 Å². The SMILES string of the molecule is CCCc1nc2c(c(=O)n(CCN)c(=O)n2C(C)C)n1C. The third-order valence-corrected chi connectivity index (χ3v) is 3.62. The van der Waals surface area contributed by atoms with Gasteiger partial charge in [-0.15, -0.1) is 0 Å². The standard InChI is InChI=1S/C14H23N5O2/c1-5-6-10-16-12-11(17(10)4)13(20)18(8-7-15)14(21)19(12)9(2)3/h9H,5-8,15H2,1-4H3. The number of hydrogen-bond acceptors (Lipinski definition) is 4. The lowest BCUT2D eigenvalue weighted by Crippen LogP contribution is -2.42. The van der Waals surface area contributed by atoms with E-state index in [0.717, 1.165) is 18.7 Å². The number of aryl methyl sites for hydroxylation is 2. The summed E-state index contributed by atoms with van der Waals surface area (Å²) < 4.78 is 4.58. The number of aromatic nitrogens is 4. The minimum atomic E-state index is -0.339. The van der Waals surface area contributed by atoms with Gasteiger partial charge in [0.1, 0.15) is 5.82 Å². The predicted octanol–water partition coefficient (Wildman–Crippen LogP) is 0.389. The van der Waals surface area contributed by atoms with Gasteiger partial charge in [-0.2, -0.15) is 0 Å². The van der Waals surface area contributed by atoms with Gasteiger partial charge in [-0.3, -0.25) is 13.9 Å². The fraction of sp³-hybridized carbons (Fsp3) is 0.643. The van der Waals surface area contributed by atoms with Crippen LogP contribution in [-0.2, 0) is 20.0 Å². The van der Waals surface area contributed by atoms with Crippen molar-refractivity contribution >= 4 is 11.2 Å². The molecule has 0 saturated carbocycles. The molecule has 2 rings (SSSR count). The van der Waals surface area contributed by atoms with Crippen LogP contribution in [0.1, 0.15) is 39.1 Å². The maximum atomic E-state index is 12.6. The van der Waals surface area contributed by atoms with Crippen LogP contribution in [0.25, 0.3) is 11.2 Å². The van der Waals surface area contributed by atoms with Crippen molar-refractivity contribution in [3.63, 3.8) is 0 Å². The van der Waals surface area contributed by atoms with Crippen LogP contribution >= 0.6 is 0 Å². The lowest BCUT2D eigenvalue weighted by Gasteiger charge is -2.13. The highest BCUT2D eigenvalue weighted by atomic mass is 16.2. The Morgan fingerprint density at radius 1 is 1.29 bits per heavy atom. The second-order valence-electron chi connectivity index (χ2n) is 5.50. The zero-order chi connectivity index (χ0) is 15.7. The number of hydrogen-bond donors (Lipinski definition) is 1. The molecule has 0 aliphatic carbocycles. The van der Waals surface area contributed by atoms with Gasteiger partial charge in [0, 0.05) is 32.6 Å². The zero-order valence-electron chi connectivity index (χ0n) is 13.1. The Labute approximate surface area is 123 Å². The van der Waals surface area contributed by atoms with Gasteiger partial charge in [0.15, 0.2) is 11.2 Å². The number of fused-ring (bicyclic) bond motifs is 1. The molecular formula is C14H23N5O2. The monoisotopic (exact) mass is 293 g/mol. The molecule has 0 spiro atoms. The first-order valence-corrected chi connectivity index (χ1v) is 7.34. The van der Waals surface area contributed by atoms with E-state index in [1.807, 2.05) is 20.9 Å². The number of nitrogens with two attached hydrogens (primary N) is 1. The fourth-order valence-corrected chi connectivity index (χ4v) is 2.61. The molecule has 0 aliphatic rings. The normalized spacial score (nSPS) is 11.7. The van der Waals surface area contributed by atoms with Crippen LogP contribution in [0.2, 0.25) is 0 Å². The highest BCUT2D eigenvalue weighted by molar-refractivity contribution is 5.71. The van der Waals surface area contributed by atoms with Crippen molar-refractivity contribution in [2.75, 3.05) is 6.54 Å². The Morgan fingerprint density at radius 3 is 2.48 bits per heavy atom. The molecule has 0 radical (unpaired) electrons. The Kier molecular flexibility index (Phi) is 4.32. The molecule has 2 aromatic heterocycles. The largest absolute Gasteiger partial charge is 0.333 e. The van der Waals surface area contributed by atoms with Crippen LogP contribution in [0.3, 0.4) is 0 Å². The van der Waals surface area contributed by atoms with Crippen LogP contribution in [0.5, 0.6) is 0 Å². The molecule has 2 N–H and O–H groups in total. The zero-order valence-corrected chi connectivity index (χ0v) is 13.1. The molecule has 0 saturated heterocycles. The van der Waals surface area contributed by atoms with Gasteiger partial charge in [-0.1, -0.05) is 6.92 Å². The number of imidazole rings is 1. The highest BCUT2D eigenvalue weighted by Crippen LogP contribution is 2.14. The summed E-state index contributed by atoms with van der Waals surface area (Å²) in [5, 5.41) is 0. The molecule has 7 nitrogen and oxygen atoms in total. The summed E-state index contributed by atoms with van der Waals surface area (Å²) in [5.74, 6) is 0.823. The average Bonchev–Trinajstić information content (AvgIpc) is 2.72. The van der Waals surface area contributed by atoms with Crippen molar-refractivity contribution in [2.45, 2.75) is 46.2 Å². The van der Waals surface area contributed by atoms with Crippen LogP contribution in [0.4, 0.5) is 0 Å². The van der Waals surface area contributed by atoms with E-state index in [1.54, 1.807) is 9.13 Å². The number of rotatable bonds is 5. The summed E-state index contributed by atoms with van der Waals surface area (Å²) >= 11 is 0. The minimum absolute atomic E-state index is 0.0750. The lowest BCUT2D eigenvalue weighted by molar-refractivity contribution is 0.525. The second kappa shape index (κ2) is 5.85. The van der Waals surface area contributed by atoms with Crippen LogP contribution in [0.15, 0.2) is 9.59 Å². The average molecular weight is 293 g/mol. The lowest BCUT2D eigenvalue weighted by atomic mass is 10.3. The summed E-state index contributed by atoms with van der Waals surface area (Å²) in [4.78, 5) is 29.6. The molecule has 0 unspecified atom stereocenters. The van der Waals surface area contributed by atoms with E-state index < -0.39 is 0 Å². The third kappa shape index (κ3) is 2.42. The Balaban J connectivity index is 2.95. The smallest absolute Gasteiger partial charge is 0.329 e. The summed E-state index contributed by atoms with van der Waals surface area (Å²) in [7, 11) is 1.82. The molecule has 2 aromatic rings. The first-order chi connectivity index (χ1) is 9.93. The van der Waals surface area contributed by atoms with E-state index in [-0.39, 0.29) is 30.4 Å². The van der Waals surface area contributed by atoms with Crippen molar-refractivity contribution in [3.05, 3.63) is 26.7 Å². The Bertz CT molecular complexity index is 766. The van der Waals surface area contributed by atoms with E-state index in [9.17, 15) is 9.59 Å². The molecule has 7 heteroatoms. The molecular weight excluding hydrogens is 270 g/mol. The van der Waals surface area contributed by atoms with E-state index >= 15 is 0 Å². The second-order valence-corrected chi connectivity index (χ2v) is 5.50. The maximum Gasteiger partial charge on any atom is 0.333 e. The first-order valence-electron chi connectivity index (χ1n) is 7.34. The molecule has 0 bridgehead atoms. The van der Waals surface area contributed by atoms with Gasteiger partial charge in [0.05, 0.1) is 0 Å². The molecule has 2 heterocycles. The van der Waals surface area contributed by atoms with E-state index in [2.05, 4.69) is 11.9 Å². The summed E-state index contributed by atoms with van der Waals surface area (Å²) in [6, 6.07) is -0.0750.